The summed E-state index contributed by atoms with van der Waals surface area (Å²) in [5.74, 6) is -2.00. The first-order valence-corrected chi connectivity index (χ1v) is 11.3. The first-order valence-electron chi connectivity index (χ1n) is 11.3. The van der Waals surface area contributed by atoms with Crippen molar-refractivity contribution in [3.63, 3.8) is 0 Å². The molecule has 7 heteroatoms. The van der Waals surface area contributed by atoms with Gasteiger partial charge in [-0.2, -0.15) is 5.10 Å². The minimum absolute atomic E-state index is 0.213. The molecule has 0 saturated heterocycles. The number of hydrogen-bond donors (Lipinski definition) is 1. The van der Waals surface area contributed by atoms with Gasteiger partial charge in [-0.3, -0.25) is 4.68 Å². The van der Waals surface area contributed by atoms with Crippen LogP contribution in [0.3, 0.4) is 0 Å². The Morgan fingerprint density at radius 2 is 1.76 bits per heavy atom. The van der Waals surface area contributed by atoms with E-state index in [0.29, 0.717) is 30.7 Å². The molecule has 174 valence electrons. The molecule has 5 nitrogen and oxygen atoms in total. The van der Waals surface area contributed by atoms with Crippen LogP contribution < -0.4 is 0 Å². The largest absolute Gasteiger partial charge is 0.480 e. The molecule has 2 aromatic carbocycles. The van der Waals surface area contributed by atoms with Crippen molar-refractivity contribution in [3.8, 4) is 22.4 Å². The summed E-state index contributed by atoms with van der Waals surface area (Å²) in [7, 11) is 0. The van der Waals surface area contributed by atoms with E-state index in [1.54, 1.807) is 6.07 Å². The molecule has 1 aliphatic carbocycles. The van der Waals surface area contributed by atoms with E-state index in [1.807, 2.05) is 41.9 Å². The Morgan fingerprint density at radius 1 is 1.06 bits per heavy atom. The summed E-state index contributed by atoms with van der Waals surface area (Å²) >= 11 is 0. The van der Waals surface area contributed by atoms with Crippen LogP contribution in [0.5, 0.6) is 0 Å². The van der Waals surface area contributed by atoms with Crippen LogP contribution >= 0.6 is 0 Å². The molecule has 3 aromatic rings. The molecule has 1 saturated carbocycles. The maximum atomic E-state index is 14.9. The second-order valence-corrected chi connectivity index (χ2v) is 8.75. The van der Waals surface area contributed by atoms with Crippen molar-refractivity contribution in [2.45, 2.75) is 39.2 Å². The molecule has 0 bridgehead atoms. The van der Waals surface area contributed by atoms with Crippen molar-refractivity contribution in [3.05, 3.63) is 65.9 Å². The molecule has 0 radical (unpaired) electrons. The molecule has 0 aliphatic heterocycles. The first kappa shape index (κ1) is 23.1. The number of hydrogen-bond acceptors (Lipinski definition) is 3. The molecule has 4 rings (SSSR count). The normalized spacial score (nSPS) is 18.4. The molecule has 1 fully saturated rings. The Balaban J connectivity index is 1.59. The fraction of sp³-hybridized carbons (Fsp3) is 0.385. The quantitative estimate of drug-likeness (QED) is 0.473. The van der Waals surface area contributed by atoms with Crippen LogP contribution in [0, 0.1) is 30.4 Å². The number of carboxylic acids is 1. The van der Waals surface area contributed by atoms with Gasteiger partial charge in [0.15, 0.2) is 11.6 Å². The van der Waals surface area contributed by atoms with Crippen molar-refractivity contribution < 1.29 is 23.4 Å². The molecule has 33 heavy (non-hydrogen) atoms. The SMILES string of the molecule is Cc1nn(C[C@H]2CC[C@@H](COCC(=O)O)CC2)c(-c2cccc(F)c2F)c1-c1ccccc1. The topological polar surface area (TPSA) is 64.4 Å². The van der Waals surface area contributed by atoms with Crippen LogP contribution in [0.25, 0.3) is 22.4 Å². The van der Waals surface area contributed by atoms with Gasteiger partial charge in [0.25, 0.3) is 0 Å². The van der Waals surface area contributed by atoms with Crippen LogP contribution in [0.2, 0.25) is 0 Å². The summed E-state index contributed by atoms with van der Waals surface area (Å²) in [5, 5.41) is 13.5. The van der Waals surface area contributed by atoms with E-state index >= 15 is 0 Å². The third kappa shape index (κ3) is 5.30. The van der Waals surface area contributed by atoms with Crippen LogP contribution in [0.4, 0.5) is 8.78 Å². The highest BCUT2D eigenvalue weighted by atomic mass is 19.2. The minimum atomic E-state index is -0.955. The highest BCUT2D eigenvalue weighted by molar-refractivity contribution is 5.83. The Bertz CT molecular complexity index is 1110. The number of rotatable bonds is 8. The zero-order valence-corrected chi connectivity index (χ0v) is 18.6. The zero-order valence-electron chi connectivity index (χ0n) is 18.6. The molecular weight excluding hydrogens is 426 g/mol. The maximum Gasteiger partial charge on any atom is 0.329 e. The highest BCUT2D eigenvalue weighted by Gasteiger charge is 2.26. The zero-order chi connectivity index (χ0) is 23.4. The van der Waals surface area contributed by atoms with E-state index in [0.717, 1.165) is 48.6 Å². The van der Waals surface area contributed by atoms with E-state index in [9.17, 15) is 13.6 Å². The van der Waals surface area contributed by atoms with Crippen LogP contribution in [-0.4, -0.2) is 34.1 Å². The number of halogens is 2. The third-order valence-corrected chi connectivity index (χ3v) is 6.37. The van der Waals surface area contributed by atoms with Crippen molar-refractivity contribution >= 4 is 5.97 Å². The second-order valence-electron chi connectivity index (χ2n) is 8.75. The molecule has 0 atom stereocenters. The number of benzene rings is 2. The van der Waals surface area contributed by atoms with Gasteiger partial charge < -0.3 is 9.84 Å². The van der Waals surface area contributed by atoms with Gasteiger partial charge in [-0.05, 0) is 62.1 Å². The first-order chi connectivity index (χ1) is 15.9. The van der Waals surface area contributed by atoms with Gasteiger partial charge in [-0.15, -0.1) is 0 Å². The van der Waals surface area contributed by atoms with Gasteiger partial charge in [0.05, 0.1) is 18.0 Å². The van der Waals surface area contributed by atoms with Gasteiger partial charge in [0.1, 0.15) is 6.61 Å². The summed E-state index contributed by atoms with van der Waals surface area (Å²) < 4.78 is 36.1. The number of aromatic nitrogens is 2. The number of aliphatic carboxylic acids is 1. The predicted molar refractivity (Wildman–Crippen MR) is 122 cm³/mol. The predicted octanol–water partition coefficient (Wildman–Crippen LogP) is 5.71. The molecule has 0 unspecified atom stereocenters. The van der Waals surface area contributed by atoms with Crippen LogP contribution in [0.1, 0.15) is 31.4 Å². The molecule has 1 N–H and O–H groups in total. The maximum absolute atomic E-state index is 14.9. The lowest BCUT2D eigenvalue weighted by atomic mass is 9.82. The summed E-state index contributed by atoms with van der Waals surface area (Å²) in [4.78, 5) is 10.6. The fourth-order valence-electron chi connectivity index (χ4n) is 4.76. The average Bonchev–Trinajstić information content (AvgIpc) is 3.12. The van der Waals surface area contributed by atoms with Gasteiger partial charge in [-0.25, -0.2) is 13.6 Å². The molecule has 1 aromatic heterocycles. The summed E-state index contributed by atoms with van der Waals surface area (Å²) in [6.07, 6.45) is 3.79. The Kier molecular flexibility index (Phi) is 7.18. The van der Waals surface area contributed by atoms with E-state index < -0.39 is 17.6 Å². The molecular formula is C26H28F2N2O3. The monoisotopic (exact) mass is 454 g/mol. The van der Waals surface area contributed by atoms with Crippen LogP contribution in [0.15, 0.2) is 48.5 Å². The van der Waals surface area contributed by atoms with E-state index in [1.165, 1.54) is 6.07 Å². The number of carbonyl (C=O) groups is 1. The number of carboxylic acid groups (broad SMARTS) is 1. The van der Waals surface area contributed by atoms with Gasteiger partial charge in [0.2, 0.25) is 0 Å². The lowest BCUT2D eigenvalue weighted by molar-refractivity contribution is -0.142. The van der Waals surface area contributed by atoms with Crippen molar-refractivity contribution in [1.82, 2.24) is 9.78 Å². The smallest absolute Gasteiger partial charge is 0.329 e. The van der Waals surface area contributed by atoms with E-state index in [4.69, 9.17) is 14.9 Å². The molecule has 0 amide bonds. The summed E-state index contributed by atoms with van der Waals surface area (Å²) in [6, 6.07) is 13.9. The minimum Gasteiger partial charge on any atom is -0.480 e. The fourth-order valence-corrected chi connectivity index (χ4v) is 4.76. The van der Waals surface area contributed by atoms with Crippen molar-refractivity contribution in [2.24, 2.45) is 11.8 Å². The van der Waals surface area contributed by atoms with Gasteiger partial charge >= 0.3 is 5.97 Å². The third-order valence-electron chi connectivity index (χ3n) is 6.37. The number of aryl methyl sites for hydroxylation is 1. The van der Waals surface area contributed by atoms with Crippen molar-refractivity contribution in [2.75, 3.05) is 13.2 Å². The second kappa shape index (κ2) is 10.3. The van der Waals surface area contributed by atoms with E-state index in [-0.39, 0.29) is 12.2 Å². The van der Waals surface area contributed by atoms with Crippen LogP contribution in [-0.2, 0) is 16.1 Å². The number of nitrogens with zero attached hydrogens (tertiary/aromatic N) is 2. The average molecular weight is 455 g/mol. The lowest BCUT2D eigenvalue weighted by Gasteiger charge is -2.28. The molecule has 1 heterocycles. The highest BCUT2D eigenvalue weighted by Crippen LogP contribution is 2.38. The Hall–Kier alpha value is -3.06. The summed E-state index contributed by atoms with van der Waals surface area (Å²) in [5.41, 5.74) is 3.32. The lowest BCUT2D eigenvalue weighted by Crippen LogP contribution is -2.23. The standard InChI is InChI=1S/C26H28F2N2O3/c1-17-24(20-6-3-2-4-7-20)26(21-8-5-9-22(27)25(21)28)30(29-17)14-18-10-12-19(13-11-18)15-33-16-23(31)32/h2-9,18-19H,10-16H2,1H3,(H,31,32)/t18-,19+. The van der Waals surface area contributed by atoms with Crippen molar-refractivity contribution in [1.29, 1.82) is 0 Å². The van der Waals surface area contributed by atoms with Gasteiger partial charge in [-0.1, -0.05) is 36.4 Å². The number of ether oxygens (including phenoxy) is 1. The summed E-state index contributed by atoms with van der Waals surface area (Å²) in [6.45, 7) is 2.70. The molecule has 0 spiro atoms. The molecule has 1 aliphatic rings. The Labute approximate surface area is 192 Å². The van der Waals surface area contributed by atoms with Gasteiger partial charge in [0, 0.05) is 17.7 Å². The Morgan fingerprint density at radius 3 is 2.45 bits per heavy atom. The van der Waals surface area contributed by atoms with E-state index in [2.05, 4.69) is 0 Å².